The van der Waals surface area contributed by atoms with E-state index in [2.05, 4.69) is 21.2 Å². The van der Waals surface area contributed by atoms with E-state index in [1.807, 2.05) is 0 Å². The number of hydrogen-bond acceptors (Lipinski definition) is 3. The van der Waals surface area contributed by atoms with Crippen molar-refractivity contribution in [3.63, 3.8) is 0 Å². The Morgan fingerprint density at radius 3 is 2.29 bits per heavy atom. The molecule has 1 N–H and O–H groups in total. The number of halogens is 1. The topological polar surface area (TPSA) is 46.2 Å². The molecule has 0 radical (unpaired) electrons. The smallest absolute Gasteiger partial charge is 0.148 e. The fourth-order valence-electron chi connectivity index (χ4n) is 1.08. The van der Waals surface area contributed by atoms with Gasteiger partial charge in [-0.25, -0.2) is 8.42 Å². The molecule has 0 fully saturated rings. The van der Waals surface area contributed by atoms with E-state index < -0.39 is 9.84 Å². The molecule has 0 aliphatic carbocycles. The van der Waals surface area contributed by atoms with Crippen LogP contribution in [0, 0.1) is 0 Å². The van der Waals surface area contributed by atoms with Gasteiger partial charge < -0.3 is 5.32 Å². The van der Waals surface area contributed by atoms with Crippen LogP contribution in [0.5, 0.6) is 0 Å². The van der Waals surface area contributed by atoms with Gasteiger partial charge in [-0.2, -0.15) is 0 Å². The summed E-state index contributed by atoms with van der Waals surface area (Å²) in [4.78, 5) is 0. The summed E-state index contributed by atoms with van der Waals surface area (Å²) in [6.45, 7) is 1.51. The van der Waals surface area contributed by atoms with E-state index in [9.17, 15) is 8.42 Å². The first-order valence-electron chi connectivity index (χ1n) is 5.00. The van der Waals surface area contributed by atoms with Crippen LogP contribution < -0.4 is 5.32 Å². The van der Waals surface area contributed by atoms with Crippen LogP contribution in [0.1, 0.15) is 25.7 Å². The molecule has 0 aromatic heterocycles. The molecule has 14 heavy (non-hydrogen) atoms. The second-order valence-corrected chi connectivity index (χ2v) is 6.54. The van der Waals surface area contributed by atoms with Crippen LogP contribution in [-0.2, 0) is 9.84 Å². The lowest BCUT2D eigenvalue weighted by molar-refractivity contribution is 0.588. The lowest BCUT2D eigenvalue weighted by Gasteiger charge is -2.03. The SMILES string of the molecule is CS(=O)(=O)CCNCCCCCCBr. The third kappa shape index (κ3) is 12.4. The molecule has 0 heterocycles. The Labute approximate surface area is 95.7 Å². The molecule has 0 aromatic carbocycles. The number of nitrogens with one attached hydrogen (secondary N) is 1. The van der Waals surface area contributed by atoms with E-state index in [-0.39, 0.29) is 5.75 Å². The molecule has 0 aliphatic rings. The van der Waals surface area contributed by atoms with E-state index >= 15 is 0 Å². The zero-order valence-electron chi connectivity index (χ0n) is 8.76. The quantitative estimate of drug-likeness (QED) is 0.517. The van der Waals surface area contributed by atoms with Gasteiger partial charge in [0.05, 0.1) is 5.75 Å². The molecular formula is C9H20BrNO2S. The standard InChI is InChI=1S/C9H20BrNO2S/c1-14(12,13)9-8-11-7-5-3-2-4-6-10/h11H,2-9H2,1H3. The number of unbranched alkanes of at least 4 members (excludes halogenated alkanes) is 3. The van der Waals surface area contributed by atoms with E-state index in [4.69, 9.17) is 0 Å². The summed E-state index contributed by atoms with van der Waals surface area (Å²) in [6, 6.07) is 0. The minimum atomic E-state index is -2.79. The highest BCUT2D eigenvalue weighted by atomic mass is 79.9. The molecule has 0 bridgehead atoms. The van der Waals surface area contributed by atoms with Crippen LogP contribution in [0.4, 0.5) is 0 Å². The lowest BCUT2D eigenvalue weighted by Crippen LogP contribution is -2.23. The molecule has 0 aromatic rings. The molecule has 0 rings (SSSR count). The van der Waals surface area contributed by atoms with Gasteiger partial charge in [-0.05, 0) is 19.4 Å². The van der Waals surface area contributed by atoms with Crippen LogP contribution in [0.2, 0.25) is 0 Å². The maximum absolute atomic E-state index is 10.8. The van der Waals surface area contributed by atoms with E-state index in [1.54, 1.807) is 0 Å². The van der Waals surface area contributed by atoms with Crippen molar-refractivity contribution in [1.29, 1.82) is 0 Å². The van der Waals surface area contributed by atoms with Crippen molar-refractivity contribution in [3.8, 4) is 0 Å². The molecular weight excluding hydrogens is 266 g/mol. The summed E-state index contributed by atoms with van der Waals surface area (Å²) in [5.41, 5.74) is 0. The maximum atomic E-state index is 10.8. The molecule has 0 saturated heterocycles. The van der Waals surface area contributed by atoms with Gasteiger partial charge in [0.15, 0.2) is 0 Å². The van der Waals surface area contributed by atoms with Crippen molar-refractivity contribution in [2.45, 2.75) is 25.7 Å². The first kappa shape index (κ1) is 14.4. The normalized spacial score (nSPS) is 11.9. The minimum Gasteiger partial charge on any atom is -0.316 e. The summed E-state index contributed by atoms with van der Waals surface area (Å²) >= 11 is 3.38. The van der Waals surface area contributed by atoms with Crippen molar-refractivity contribution in [1.82, 2.24) is 5.32 Å². The van der Waals surface area contributed by atoms with Gasteiger partial charge in [0, 0.05) is 18.1 Å². The summed E-state index contributed by atoms with van der Waals surface area (Å²) in [5, 5.41) is 4.21. The zero-order valence-corrected chi connectivity index (χ0v) is 11.2. The number of rotatable bonds is 9. The molecule has 0 amide bonds. The van der Waals surface area contributed by atoms with Gasteiger partial charge in [-0.15, -0.1) is 0 Å². The second kappa shape index (κ2) is 8.68. The fourth-order valence-corrected chi connectivity index (χ4v) is 1.99. The summed E-state index contributed by atoms with van der Waals surface area (Å²) < 4.78 is 21.5. The predicted molar refractivity (Wildman–Crippen MR) is 64.8 cm³/mol. The van der Waals surface area contributed by atoms with E-state index in [0.29, 0.717) is 6.54 Å². The van der Waals surface area contributed by atoms with Crippen LogP contribution in [0.15, 0.2) is 0 Å². The highest BCUT2D eigenvalue weighted by Gasteiger charge is 1.99. The predicted octanol–water partition coefficient (Wildman–Crippen LogP) is 1.58. The third-order valence-electron chi connectivity index (χ3n) is 1.89. The van der Waals surface area contributed by atoms with Crippen molar-refractivity contribution >= 4 is 25.8 Å². The Kier molecular flexibility index (Phi) is 8.92. The highest BCUT2D eigenvalue weighted by Crippen LogP contribution is 2.00. The molecule has 0 aliphatic heterocycles. The summed E-state index contributed by atoms with van der Waals surface area (Å²) in [6.07, 6.45) is 6.10. The Bertz CT molecular complexity index is 217. The molecule has 0 atom stereocenters. The molecule has 86 valence electrons. The highest BCUT2D eigenvalue weighted by molar-refractivity contribution is 9.09. The second-order valence-electron chi connectivity index (χ2n) is 3.48. The van der Waals surface area contributed by atoms with Gasteiger partial charge in [-0.1, -0.05) is 28.8 Å². The number of hydrogen-bond donors (Lipinski definition) is 1. The van der Waals surface area contributed by atoms with Gasteiger partial charge >= 0.3 is 0 Å². The number of alkyl halides is 1. The minimum absolute atomic E-state index is 0.244. The monoisotopic (exact) mass is 285 g/mol. The Balaban J connectivity index is 3.07. The lowest BCUT2D eigenvalue weighted by atomic mass is 10.2. The molecule has 3 nitrogen and oxygen atoms in total. The van der Waals surface area contributed by atoms with Crippen molar-refractivity contribution < 1.29 is 8.42 Å². The molecule has 0 unspecified atom stereocenters. The maximum Gasteiger partial charge on any atom is 0.148 e. The van der Waals surface area contributed by atoms with Crippen LogP contribution in [-0.4, -0.2) is 38.8 Å². The first-order valence-corrected chi connectivity index (χ1v) is 8.19. The third-order valence-corrected chi connectivity index (χ3v) is 3.39. The molecule has 0 spiro atoms. The van der Waals surface area contributed by atoms with E-state index in [1.165, 1.54) is 25.5 Å². The summed E-state index contributed by atoms with van der Waals surface area (Å²) in [7, 11) is -2.79. The number of sulfone groups is 1. The van der Waals surface area contributed by atoms with Crippen molar-refractivity contribution in [3.05, 3.63) is 0 Å². The fraction of sp³-hybridized carbons (Fsp3) is 1.00. The Hall–Kier alpha value is 0.390. The van der Waals surface area contributed by atoms with Crippen molar-refractivity contribution in [2.24, 2.45) is 0 Å². The molecule has 5 heteroatoms. The first-order chi connectivity index (χ1) is 6.56. The zero-order chi connectivity index (χ0) is 10.9. The van der Waals surface area contributed by atoms with Gasteiger partial charge in [-0.3, -0.25) is 0 Å². The van der Waals surface area contributed by atoms with Gasteiger partial charge in [0.2, 0.25) is 0 Å². The largest absolute Gasteiger partial charge is 0.316 e. The van der Waals surface area contributed by atoms with Crippen LogP contribution >= 0.6 is 15.9 Å². The molecule has 0 saturated carbocycles. The Morgan fingerprint density at radius 1 is 1.07 bits per heavy atom. The van der Waals surface area contributed by atoms with Crippen LogP contribution in [0.25, 0.3) is 0 Å². The van der Waals surface area contributed by atoms with Crippen LogP contribution in [0.3, 0.4) is 0 Å². The van der Waals surface area contributed by atoms with E-state index in [0.717, 1.165) is 18.3 Å². The van der Waals surface area contributed by atoms with Crippen molar-refractivity contribution in [2.75, 3.05) is 30.4 Å². The average Bonchev–Trinajstić information content (AvgIpc) is 2.08. The van der Waals surface area contributed by atoms with Gasteiger partial charge in [0.1, 0.15) is 9.84 Å². The van der Waals surface area contributed by atoms with Gasteiger partial charge in [0.25, 0.3) is 0 Å². The Morgan fingerprint density at radius 2 is 1.71 bits per heavy atom. The summed E-state index contributed by atoms with van der Waals surface area (Å²) in [5.74, 6) is 0.244. The average molecular weight is 286 g/mol.